The van der Waals surface area contributed by atoms with Crippen molar-refractivity contribution in [2.45, 2.75) is 38.5 Å². The monoisotopic (exact) mass is 323 g/mol. The molecule has 0 aromatic rings. The molecule has 0 unspecified atom stereocenters. The summed E-state index contributed by atoms with van der Waals surface area (Å²) >= 11 is 0. The van der Waals surface area contributed by atoms with Crippen molar-refractivity contribution in [1.29, 1.82) is 0 Å². The van der Waals surface area contributed by atoms with E-state index in [-0.39, 0.29) is 5.92 Å². The summed E-state index contributed by atoms with van der Waals surface area (Å²) in [5, 5.41) is 9.08. The fourth-order valence-corrected chi connectivity index (χ4v) is 4.43. The van der Waals surface area contributed by atoms with Crippen molar-refractivity contribution in [1.82, 2.24) is 14.7 Å². The minimum absolute atomic E-state index is 0.196. The number of carbonyl (C=O) groups is 2. The maximum atomic E-state index is 12.7. The van der Waals surface area contributed by atoms with Crippen LogP contribution in [0.5, 0.6) is 0 Å². The molecule has 0 aromatic heterocycles. The highest BCUT2D eigenvalue weighted by Gasteiger charge is 2.41. The van der Waals surface area contributed by atoms with Crippen LogP contribution in [-0.4, -0.2) is 78.1 Å². The molecule has 23 heavy (non-hydrogen) atoms. The van der Waals surface area contributed by atoms with Gasteiger partial charge in [0.05, 0.1) is 0 Å². The average Bonchev–Trinajstić information content (AvgIpc) is 2.56. The minimum atomic E-state index is -0.793. The molecule has 2 amide bonds. The molecule has 1 spiro atoms. The van der Waals surface area contributed by atoms with E-state index in [0.717, 1.165) is 64.7 Å². The lowest BCUT2D eigenvalue weighted by atomic mass is 9.65. The Bertz CT molecular complexity index is 442. The standard InChI is InChI=1S/C17H29N3O3/c1-18-10-12-19(13-11-18)15(21)14-2-4-17(5-3-14)6-8-20(9-7-17)16(22)23/h14H,2-13H2,1H3,(H,22,23). The molecular formula is C17H29N3O3. The zero-order valence-electron chi connectivity index (χ0n) is 14.2. The van der Waals surface area contributed by atoms with Gasteiger partial charge in [-0.15, -0.1) is 0 Å². The van der Waals surface area contributed by atoms with Gasteiger partial charge in [0.15, 0.2) is 0 Å². The van der Waals surface area contributed by atoms with E-state index < -0.39 is 6.09 Å². The van der Waals surface area contributed by atoms with Gasteiger partial charge in [0.25, 0.3) is 0 Å². The Balaban J connectivity index is 1.49. The molecule has 2 heterocycles. The van der Waals surface area contributed by atoms with E-state index in [9.17, 15) is 9.59 Å². The molecule has 0 atom stereocenters. The van der Waals surface area contributed by atoms with Crippen LogP contribution in [0.4, 0.5) is 4.79 Å². The molecule has 1 saturated carbocycles. The van der Waals surface area contributed by atoms with Crippen molar-refractivity contribution in [3.05, 3.63) is 0 Å². The summed E-state index contributed by atoms with van der Waals surface area (Å²) < 4.78 is 0. The van der Waals surface area contributed by atoms with Crippen molar-refractivity contribution >= 4 is 12.0 Å². The first-order chi connectivity index (χ1) is 11.0. The predicted octanol–water partition coefficient (Wildman–Crippen LogP) is 1.71. The summed E-state index contributed by atoms with van der Waals surface area (Å²) in [7, 11) is 2.11. The Morgan fingerprint density at radius 3 is 1.96 bits per heavy atom. The summed E-state index contributed by atoms with van der Waals surface area (Å²) in [6, 6.07) is 0. The molecule has 2 saturated heterocycles. The molecular weight excluding hydrogens is 294 g/mol. The van der Waals surface area contributed by atoms with Crippen molar-refractivity contribution in [2.24, 2.45) is 11.3 Å². The molecule has 0 radical (unpaired) electrons. The van der Waals surface area contributed by atoms with Crippen LogP contribution >= 0.6 is 0 Å². The van der Waals surface area contributed by atoms with Crippen LogP contribution in [0.2, 0.25) is 0 Å². The number of carbonyl (C=O) groups excluding carboxylic acids is 1. The van der Waals surface area contributed by atoms with E-state index in [1.807, 2.05) is 0 Å². The van der Waals surface area contributed by atoms with Crippen LogP contribution in [0.15, 0.2) is 0 Å². The first-order valence-electron chi connectivity index (χ1n) is 8.94. The van der Waals surface area contributed by atoms with Gasteiger partial charge in [-0.2, -0.15) is 0 Å². The lowest BCUT2D eigenvalue weighted by Gasteiger charge is -2.46. The Kier molecular flexibility index (Phi) is 4.80. The molecule has 3 rings (SSSR count). The Labute approximate surface area is 138 Å². The van der Waals surface area contributed by atoms with Gasteiger partial charge < -0.3 is 19.8 Å². The van der Waals surface area contributed by atoms with Gasteiger partial charge in [0, 0.05) is 45.2 Å². The van der Waals surface area contributed by atoms with Crippen LogP contribution < -0.4 is 0 Å². The molecule has 0 aromatic carbocycles. The first-order valence-corrected chi connectivity index (χ1v) is 8.94. The maximum absolute atomic E-state index is 12.7. The number of rotatable bonds is 1. The number of hydrogen-bond donors (Lipinski definition) is 1. The number of likely N-dealkylation sites (N-methyl/N-ethyl adjacent to an activating group) is 1. The fraction of sp³-hybridized carbons (Fsp3) is 0.882. The Hall–Kier alpha value is -1.30. The van der Waals surface area contributed by atoms with E-state index in [2.05, 4.69) is 16.8 Å². The maximum Gasteiger partial charge on any atom is 0.407 e. The number of amides is 2. The third-order valence-electron chi connectivity index (χ3n) is 6.31. The zero-order valence-corrected chi connectivity index (χ0v) is 14.2. The summed E-state index contributed by atoms with van der Waals surface area (Å²) in [5.74, 6) is 0.553. The molecule has 3 aliphatic rings. The summed E-state index contributed by atoms with van der Waals surface area (Å²) in [6.45, 7) is 5.01. The predicted molar refractivity (Wildman–Crippen MR) is 87.3 cm³/mol. The first kappa shape index (κ1) is 16.6. The van der Waals surface area contributed by atoms with E-state index in [0.29, 0.717) is 24.4 Å². The second kappa shape index (κ2) is 6.67. The molecule has 0 bridgehead atoms. The molecule has 1 aliphatic carbocycles. The lowest BCUT2D eigenvalue weighted by Crippen LogP contribution is -2.50. The lowest BCUT2D eigenvalue weighted by molar-refractivity contribution is -0.139. The molecule has 1 N–H and O–H groups in total. The van der Waals surface area contributed by atoms with Crippen molar-refractivity contribution in [2.75, 3.05) is 46.3 Å². The topological polar surface area (TPSA) is 64.1 Å². The Morgan fingerprint density at radius 1 is 0.870 bits per heavy atom. The average molecular weight is 323 g/mol. The van der Waals surface area contributed by atoms with E-state index in [4.69, 9.17) is 5.11 Å². The van der Waals surface area contributed by atoms with E-state index >= 15 is 0 Å². The van der Waals surface area contributed by atoms with Gasteiger partial charge >= 0.3 is 6.09 Å². The van der Waals surface area contributed by atoms with Gasteiger partial charge in [-0.25, -0.2) is 4.79 Å². The molecule has 6 heteroatoms. The number of likely N-dealkylation sites (tertiary alicyclic amines) is 1. The van der Waals surface area contributed by atoms with Crippen LogP contribution in [-0.2, 0) is 4.79 Å². The highest BCUT2D eigenvalue weighted by Crippen LogP contribution is 2.46. The normalized spacial score (nSPS) is 26.5. The highest BCUT2D eigenvalue weighted by molar-refractivity contribution is 5.79. The largest absolute Gasteiger partial charge is 0.465 e. The number of piperazine rings is 1. The molecule has 2 aliphatic heterocycles. The number of nitrogens with zero attached hydrogens (tertiary/aromatic N) is 3. The SMILES string of the molecule is CN1CCN(C(=O)C2CCC3(CC2)CCN(C(=O)O)CC3)CC1. The zero-order chi connectivity index (χ0) is 16.4. The van der Waals surface area contributed by atoms with Crippen LogP contribution in [0.3, 0.4) is 0 Å². The summed E-state index contributed by atoms with van der Waals surface area (Å²) in [6.07, 6.45) is 5.29. The van der Waals surface area contributed by atoms with Gasteiger partial charge in [0.1, 0.15) is 0 Å². The Morgan fingerprint density at radius 2 is 1.43 bits per heavy atom. The summed E-state index contributed by atoms with van der Waals surface area (Å²) in [4.78, 5) is 29.6. The third-order valence-corrected chi connectivity index (χ3v) is 6.31. The number of carboxylic acid groups (broad SMARTS) is 1. The van der Waals surface area contributed by atoms with Gasteiger partial charge in [-0.1, -0.05) is 0 Å². The van der Waals surface area contributed by atoms with E-state index in [1.54, 1.807) is 0 Å². The van der Waals surface area contributed by atoms with Crippen LogP contribution in [0.1, 0.15) is 38.5 Å². The third kappa shape index (κ3) is 3.62. The van der Waals surface area contributed by atoms with Crippen molar-refractivity contribution in [3.63, 3.8) is 0 Å². The second-order valence-corrected chi connectivity index (χ2v) is 7.67. The smallest absolute Gasteiger partial charge is 0.407 e. The number of hydrogen-bond acceptors (Lipinski definition) is 3. The van der Waals surface area contributed by atoms with Gasteiger partial charge in [0.2, 0.25) is 5.91 Å². The highest BCUT2D eigenvalue weighted by atomic mass is 16.4. The summed E-state index contributed by atoms with van der Waals surface area (Å²) in [5.41, 5.74) is 0.296. The van der Waals surface area contributed by atoms with Gasteiger partial charge in [-0.3, -0.25) is 4.79 Å². The quantitative estimate of drug-likeness (QED) is 0.798. The molecule has 6 nitrogen and oxygen atoms in total. The molecule has 3 fully saturated rings. The van der Waals surface area contributed by atoms with Gasteiger partial charge in [-0.05, 0) is 51.0 Å². The number of piperidine rings is 1. The van der Waals surface area contributed by atoms with Crippen LogP contribution in [0.25, 0.3) is 0 Å². The second-order valence-electron chi connectivity index (χ2n) is 7.67. The van der Waals surface area contributed by atoms with E-state index in [1.165, 1.54) is 4.90 Å². The molecule has 130 valence electrons. The van der Waals surface area contributed by atoms with Crippen molar-refractivity contribution in [3.8, 4) is 0 Å². The minimum Gasteiger partial charge on any atom is -0.465 e. The fourth-order valence-electron chi connectivity index (χ4n) is 4.43. The van der Waals surface area contributed by atoms with Crippen molar-refractivity contribution < 1.29 is 14.7 Å². The van der Waals surface area contributed by atoms with Crippen LogP contribution in [0, 0.1) is 11.3 Å².